The van der Waals surface area contributed by atoms with Gasteiger partial charge in [-0.15, -0.1) is 0 Å². The maximum Gasteiger partial charge on any atom is 0.241 e. The number of rotatable bonds is 4. The van der Waals surface area contributed by atoms with Crippen LogP contribution in [0.25, 0.3) is 10.9 Å². The number of sulfonamides is 1. The molecule has 1 N–H and O–H groups in total. The molecule has 2 rings (SSSR count). The number of hydrogen-bond donors (Lipinski definition) is 1. The Bertz CT molecular complexity index is 821. The van der Waals surface area contributed by atoms with E-state index in [2.05, 4.69) is 10.3 Å². The highest BCUT2D eigenvalue weighted by Crippen LogP contribution is 2.26. The number of pyridine rings is 1. The van der Waals surface area contributed by atoms with Crippen LogP contribution in [0.15, 0.2) is 36.5 Å². The second-order valence-electron chi connectivity index (χ2n) is 6.42. The Morgan fingerprint density at radius 3 is 2.48 bits per heavy atom. The van der Waals surface area contributed by atoms with Crippen molar-refractivity contribution in [3.05, 3.63) is 36.5 Å². The Labute approximate surface area is 136 Å². The van der Waals surface area contributed by atoms with Gasteiger partial charge >= 0.3 is 0 Å². The molecule has 0 fully saturated rings. The van der Waals surface area contributed by atoms with Crippen molar-refractivity contribution in [1.29, 1.82) is 0 Å². The maximum absolute atomic E-state index is 12.2. The second-order valence-corrected chi connectivity index (χ2v) is 8.33. The highest BCUT2D eigenvalue weighted by molar-refractivity contribution is 7.92. The largest absolute Gasteiger partial charge is 0.350 e. The van der Waals surface area contributed by atoms with Crippen molar-refractivity contribution < 1.29 is 13.2 Å². The summed E-state index contributed by atoms with van der Waals surface area (Å²) in [5, 5.41) is 3.59. The number of amides is 1. The van der Waals surface area contributed by atoms with E-state index >= 15 is 0 Å². The molecule has 0 spiro atoms. The Kier molecular flexibility index (Phi) is 4.61. The predicted molar refractivity (Wildman–Crippen MR) is 91.8 cm³/mol. The van der Waals surface area contributed by atoms with Gasteiger partial charge in [0, 0.05) is 17.1 Å². The van der Waals surface area contributed by atoms with Crippen molar-refractivity contribution >= 4 is 32.5 Å². The Hall–Kier alpha value is -2.15. The van der Waals surface area contributed by atoms with E-state index in [0.717, 1.165) is 15.9 Å². The monoisotopic (exact) mass is 335 g/mol. The SMILES string of the molecule is CC(C)(C)NC(=O)CN(c1cccc2cccnc12)S(C)(=O)=O. The van der Waals surface area contributed by atoms with Gasteiger partial charge in [0.05, 0.1) is 17.5 Å². The zero-order valence-electron chi connectivity index (χ0n) is 13.7. The third kappa shape index (κ3) is 4.41. The third-order valence-corrected chi connectivity index (χ3v) is 4.21. The fraction of sp³-hybridized carbons (Fsp3) is 0.375. The van der Waals surface area contributed by atoms with Crippen molar-refractivity contribution in [2.45, 2.75) is 26.3 Å². The first kappa shape index (κ1) is 17.2. The van der Waals surface area contributed by atoms with Gasteiger partial charge in [-0.05, 0) is 32.9 Å². The summed E-state index contributed by atoms with van der Waals surface area (Å²) in [6, 6.07) is 8.88. The zero-order valence-corrected chi connectivity index (χ0v) is 14.5. The highest BCUT2D eigenvalue weighted by Gasteiger charge is 2.24. The fourth-order valence-electron chi connectivity index (χ4n) is 2.26. The van der Waals surface area contributed by atoms with E-state index in [1.54, 1.807) is 24.4 Å². The quantitative estimate of drug-likeness (QED) is 0.926. The van der Waals surface area contributed by atoms with Gasteiger partial charge in [0.15, 0.2) is 0 Å². The van der Waals surface area contributed by atoms with Crippen LogP contribution >= 0.6 is 0 Å². The molecule has 1 aromatic carbocycles. The summed E-state index contributed by atoms with van der Waals surface area (Å²) in [5.41, 5.74) is 0.510. The summed E-state index contributed by atoms with van der Waals surface area (Å²) in [5.74, 6) is -0.365. The van der Waals surface area contributed by atoms with Gasteiger partial charge in [-0.25, -0.2) is 8.42 Å². The van der Waals surface area contributed by atoms with Gasteiger partial charge in [-0.2, -0.15) is 0 Å². The van der Waals surface area contributed by atoms with Crippen LogP contribution in [0.5, 0.6) is 0 Å². The Morgan fingerprint density at radius 2 is 1.87 bits per heavy atom. The summed E-state index contributed by atoms with van der Waals surface area (Å²) in [4.78, 5) is 16.4. The first-order valence-electron chi connectivity index (χ1n) is 7.20. The molecule has 23 heavy (non-hydrogen) atoms. The van der Waals surface area contributed by atoms with E-state index < -0.39 is 15.6 Å². The summed E-state index contributed by atoms with van der Waals surface area (Å²) in [6.45, 7) is 5.24. The van der Waals surface area contributed by atoms with Crippen molar-refractivity contribution in [3.8, 4) is 0 Å². The molecule has 1 aromatic heterocycles. The number of nitrogens with zero attached hydrogens (tertiary/aromatic N) is 2. The summed E-state index contributed by atoms with van der Waals surface area (Å²) in [7, 11) is -3.63. The summed E-state index contributed by atoms with van der Waals surface area (Å²) in [6.07, 6.45) is 2.68. The molecular formula is C16H21N3O3S. The van der Waals surface area contributed by atoms with E-state index in [-0.39, 0.29) is 12.5 Å². The van der Waals surface area contributed by atoms with Crippen LogP contribution < -0.4 is 9.62 Å². The van der Waals surface area contributed by atoms with Gasteiger partial charge in [0.1, 0.15) is 6.54 Å². The normalized spacial score (nSPS) is 12.2. The lowest BCUT2D eigenvalue weighted by Crippen LogP contribution is -2.47. The van der Waals surface area contributed by atoms with E-state index in [0.29, 0.717) is 11.2 Å². The lowest BCUT2D eigenvalue weighted by molar-refractivity contribution is -0.121. The number of carbonyl (C=O) groups excluding carboxylic acids is 1. The number of benzene rings is 1. The van der Waals surface area contributed by atoms with Crippen molar-refractivity contribution in [1.82, 2.24) is 10.3 Å². The minimum Gasteiger partial charge on any atom is -0.350 e. The smallest absolute Gasteiger partial charge is 0.241 e. The standard InChI is InChI=1S/C16H21N3O3S/c1-16(2,3)18-14(20)11-19(23(4,21)22)13-9-5-7-12-8-6-10-17-15(12)13/h5-10H,11H2,1-4H3,(H,18,20). The number of aromatic nitrogens is 1. The Morgan fingerprint density at radius 1 is 1.22 bits per heavy atom. The number of carbonyl (C=O) groups is 1. The summed E-state index contributed by atoms with van der Waals surface area (Å²) < 4.78 is 25.5. The molecule has 0 unspecified atom stereocenters. The molecule has 0 aliphatic heterocycles. The Balaban J connectivity index is 2.45. The van der Waals surface area contributed by atoms with Crippen LogP contribution in [-0.4, -0.2) is 37.6 Å². The van der Waals surface area contributed by atoms with Gasteiger partial charge in [0.2, 0.25) is 15.9 Å². The average Bonchev–Trinajstić information content (AvgIpc) is 2.41. The van der Waals surface area contributed by atoms with Gasteiger partial charge < -0.3 is 5.32 Å². The number of para-hydroxylation sites is 1. The van der Waals surface area contributed by atoms with Gasteiger partial charge in [-0.3, -0.25) is 14.1 Å². The number of nitrogens with one attached hydrogen (secondary N) is 1. The molecule has 6 nitrogen and oxygen atoms in total. The lowest BCUT2D eigenvalue weighted by Gasteiger charge is -2.26. The van der Waals surface area contributed by atoms with E-state index in [1.807, 2.05) is 32.9 Å². The van der Waals surface area contributed by atoms with Crippen molar-refractivity contribution in [3.63, 3.8) is 0 Å². The number of anilines is 1. The fourth-order valence-corrected chi connectivity index (χ4v) is 3.12. The van der Waals surface area contributed by atoms with Gasteiger partial charge in [-0.1, -0.05) is 18.2 Å². The van der Waals surface area contributed by atoms with E-state index in [4.69, 9.17) is 0 Å². The number of fused-ring (bicyclic) bond motifs is 1. The van der Waals surface area contributed by atoms with Crippen molar-refractivity contribution in [2.75, 3.05) is 17.1 Å². The van der Waals surface area contributed by atoms with Crippen LogP contribution in [0, 0.1) is 0 Å². The topological polar surface area (TPSA) is 79.4 Å². The maximum atomic E-state index is 12.2. The van der Waals surface area contributed by atoms with Gasteiger partial charge in [0.25, 0.3) is 0 Å². The molecule has 124 valence electrons. The average molecular weight is 335 g/mol. The molecule has 1 heterocycles. The molecule has 0 aliphatic rings. The van der Waals surface area contributed by atoms with Crippen molar-refractivity contribution in [2.24, 2.45) is 0 Å². The molecule has 1 amide bonds. The molecular weight excluding hydrogens is 314 g/mol. The molecule has 0 saturated heterocycles. The van der Waals surface area contributed by atoms with Crippen LogP contribution in [0.3, 0.4) is 0 Å². The predicted octanol–water partition coefficient (Wildman–Crippen LogP) is 1.92. The zero-order chi connectivity index (χ0) is 17.3. The molecule has 0 saturated carbocycles. The van der Waals surface area contributed by atoms with Crippen LogP contribution in [-0.2, 0) is 14.8 Å². The first-order valence-corrected chi connectivity index (χ1v) is 9.05. The second kappa shape index (κ2) is 6.16. The van der Waals surface area contributed by atoms with E-state index in [9.17, 15) is 13.2 Å². The molecule has 0 radical (unpaired) electrons. The van der Waals surface area contributed by atoms with E-state index in [1.165, 1.54) is 0 Å². The molecule has 0 atom stereocenters. The van der Waals surface area contributed by atoms with Crippen LogP contribution in [0.1, 0.15) is 20.8 Å². The third-order valence-electron chi connectivity index (χ3n) is 3.08. The van der Waals surface area contributed by atoms with Crippen LogP contribution in [0.4, 0.5) is 5.69 Å². The summed E-state index contributed by atoms with van der Waals surface area (Å²) >= 11 is 0. The first-order chi connectivity index (χ1) is 10.6. The minimum absolute atomic E-state index is 0.286. The molecule has 2 aromatic rings. The molecule has 0 bridgehead atoms. The number of hydrogen-bond acceptors (Lipinski definition) is 4. The van der Waals surface area contributed by atoms with Crippen LogP contribution in [0.2, 0.25) is 0 Å². The minimum atomic E-state index is -3.63. The molecule has 0 aliphatic carbocycles. The lowest BCUT2D eigenvalue weighted by atomic mass is 10.1. The molecule has 7 heteroatoms. The highest BCUT2D eigenvalue weighted by atomic mass is 32.2.